The normalized spacial score (nSPS) is 16.9. The van der Waals surface area contributed by atoms with Gasteiger partial charge in [0.2, 0.25) is 0 Å². The first-order valence-corrected chi connectivity index (χ1v) is 6.04. The second-order valence-electron chi connectivity index (χ2n) is 4.39. The van der Waals surface area contributed by atoms with Gasteiger partial charge in [0.25, 0.3) is 0 Å². The topological polar surface area (TPSA) is 44.7 Å². The van der Waals surface area contributed by atoms with E-state index >= 15 is 0 Å². The van der Waals surface area contributed by atoms with Crippen LogP contribution in [-0.4, -0.2) is 43.3 Å². The molecule has 1 aromatic rings. The Kier molecular flexibility index (Phi) is 8.18. The van der Waals surface area contributed by atoms with Gasteiger partial charge < -0.3 is 15.2 Å². The Morgan fingerprint density at radius 1 is 1.26 bits per heavy atom. The quantitative estimate of drug-likeness (QED) is 0.898. The van der Waals surface area contributed by atoms with Crippen LogP contribution in [0.2, 0.25) is 0 Å². The summed E-state index contributed by atoms with van der Waals surface area (Å²) in [6.07, 6.45) is 0. The van der Waals surface area contributed by atoms with Gasteiger partial charge in [-0.1, -0.05) is 6.07 Å². The Hall–Kier alpha value is -0.680. The van der Waals surface area contributed by atoms with Gasteiger partial charge in [0, 0.05) is 43.9 Å². The molecule has 1 aliphatic heterocycles. The molecule has 1 atom stereocenters. The third-order valence-electron chi connectivity index (χ3n) is 3.37. The number of phenols is 1. The minimum Gasteiger partial charge on any atom is -0.508 e. The van der Waals surface area contributed by atoms with Crippen molar-refractivity contribution in [3.05, 3.63) is 23.8 Å². The lowest BCUT2D eigenvalue weighted by molar-refractivity contribution is 0.182. The van der Waals surface area contributed by atoms with Gasteiger partial charge >= 0.3 is 0 Å². The number of hydrogen-bond donors (Lipinski definition) is 2. The Morgan fingerprint density at radius 2 is 1.89 bits per heavy atom. The number of piperazine rings is 1. The summed E-state index contributed by atoms with van der Waals surface area (Å²) in [5, 5.41) is 12.8. The van der Waals surface area contributed by atoms with Gasteiger partial charge in [-0.3, -0.25) is 4.90 Å². The molecule has 1 aliphatic rings. The number of halogens is 2. The molecular weight excluding hydrogens is 287 g/mol. The van der Waals surface area contributed by atoms with Crippen LogP contribution in [0.3, 0.4) is 0 Å². The number of benzene rings is 1. The summed E-state index contributed by atoms with van der Waals surface area (Å²) in [6.45, 7) is 6.34. The van der Waals surface area contributed by atoms with Crippen LogP contribution in [0.1, 0.15) is 18.5 Å². The van der Waals surface area contributed by atoms with Crippen LogP contribution in [0.5, 0.6) is 11.5 Å². The molecule has 0 spiro atoms. The van der Waals surface area contributed by atoms with Gasteiger partial charge in [-0.15, -0.1) is 24.8 Å². The van der Waals surface area contributed by atoms with Crippen molar-refractivity contribution in [1.82, 2.24) is 10.2 Å². The monoisotopic (exact) mass is 308 g/mol. The van der Waals surface area contributed by atoms with Crippen LogP contribution in [0, 0.1) is 0 Å². The molecule has 1 fully saturated rings. The van der Waals surface area contributed by atoms with E-state index in [1.165, 1.54) is 0 Å². The summed E-state index contributed by atoms with van der Waals surface area (Å²) in [5.41, 5.74) is 1.13. The zero-order valence-electron chi connectivity index (χ0n) is 11.3. The first kappa shape index (κ1) is 18.3. The van der Waals surface area contributed by atoms with E-state index in [-0.39, 0.29) is 30.6 Å². The van der Waals surface area contributed by atoms with E-state index in [0.717, 1.165) is 37.5 Å². The van der Waals surface area contributed by atoms with Gasteiger partial charge in [-0.25, -0.2) is 0 Å². The molecule has 2 rings (SSSR count). The average molecular weight is 309 g/mol. The molecule has 110 valence electrons. The molecule has 0 aliphatic carbocycles. The average Bonchev–Trinajstić information content (AvgIpc) is 2.39. The van der Waals surface area contributed by atoms with Crippen LogP contribution >= 0.6 is 24.8 Å². The molecule has 2 N–H and O–H groups in total. The molecule has 0 saturated carbocycles. The van der Waals surface area contributed by atoms with Gasteiger partial charge in [0.05, 0.1) is 7.11 Å². The van der Waals surface area contributed by atoms with Crippen LogP contribution in [0.25, 0.3) is 0 Å². The summed E-state index contributed by atoms with van der Waals surface area (Å²) in [7, 11) is 1.64. The largest absolute Gasteiger partial charge is 0.508 e. The van der Waals surface area contributed by atoms with Gasteiger partial charge in [0.1, 0.15) is 11.5 Å². The fourth-order valence-corrected chi connectivity index (χ4v) is 2.31. The van der Waals surface area contributed by atoms with E-state index < -0.39 is 0 Å². The molecule has 19 heavy (non-hydrogen) atoms. The maximum atomic E-state index is 9.46. The molecule has 1 heterocycles. The highest BCUT2D eigenvalue weighted by Gasteiger charge is 2.20. The number of rotatable bonds is 3. The minimum atomic E-state index is 0. The first-order chi connectivity index (χ1) is 8.22. The zero-order chi connectivity index (χ0) is 12.3. The van der Waals surface area contributed by atoms with Crippen molar-refractivity contribution in [3.63, 3.8) is 0 Å². The molecule has 4 nitrogen and oxygen atoms in total. The molecule has 1 aromatic carbocycles. The summed E-state index contributed by atoms with van der Waals surface area (Å²) in [5.74, 6) is 1.01. The van der Waals surface area contributed by atoms with Crippen LogP contribution in [0.15, 0.2) is 18.2 Å². The van der Waals surface area contributed by atoms with Crippen molar-refractivity contribution >= 4 is 24.8 Å². The minimum absolute atomic E-state index is 0. The second kappa shape index (κ2) is 8.48. The lowest BCUT2D eigenvalue weighted by Crippen LogP contribution is -2.44. The third kappa shape index (κ3) is 4.42. The van der Waals surface area contributed by atoms with Crippen molar-refractivity contribution in [2.24, 2.45) is 0 Å². The summed E-state index contributed by atoms with van der Waals surface area (Å²) >= 11 is 0. The van der Waals surface area contributed by atoms with Crippen molar-refractivity contribution in [3.8, 4) is 11.5 Å². The molecule has 0 amide bonds. The Morgan fingerprint density at radius 3 is 2.47 bits per heavy atom. The fraction of sp³-hybridized carbons (Fsp3) is 0.538. The molecule has 0 radical (unpaired) electrons. The van der Waals surface area contributed by atoms with Gasteiger partial charge in [-0.05, 0) is 13.0 Å². The number of nitrogens with one attached hydrogen (secondary N) is 1. The Labute approximate surface area is 127 Å². The van der Waals surface area contributed by atoms with E-state index in [0.29, 0.717) is 6.04 Å². The molecule has 6 heteroatoms. The maximum absolute atomic E-state index is 9.46. The number of ether oxygens (including phenoxy) is 1. The molecule has 0 bridgehead atoms. The fourth-order valence-electron chi connectivity index (χ4n) is 2.31. The van der Waals surface area contributed by atoms with E-state index in [1.807, 2.05) is 6.07 Å². The lowest BCUT2D eigenvalue weighted by atomic mass is 10.0. The summed E-state index contributed by atoms with van der Waals surface area (Å²) in [4.78, 5) is 2.42. The lowest BCUT2D eigenvalue weighted by Gasteiger charge is -2.33. The zero-order valence-corrected chi connectivity index (χ0v) is 12.9. The van der Waals surface area contributed by atoms with Crippen LogP contribution < -0.4 is 10.1 Å². The van der Waals surface area contributed by atoms with E-state index in [1.54, 1.807) is 19.2 Å². The van der Waals surface area contributed by atoms with Crippen LogP contribution in [0.4, 0.5) is 0 Å². The van der Waals surface area contributed by atoms with Crippen molar-refractivity contribution < 1.29 is 9.84 Å². The highest BCUT2D eigenvalue weighted by atomic mass is 35.5. The van der Waals surface area contributed by atoms with E-state index in [9.17, 15) is 5.11 Å². The summed E-state index contributed by atoms with van der Waals surface area (Å²) < 4.78 is 5.34. The third-order valence-corrected chi connectivity index (χ3v) is 3.37. The summed E-state index contributed by atoms with van der Waals surface area (Å²) in [6, 6.07) is 5.65. The number of aromatic hydroxyl groups is 1. The first-order valence-electron chi connectivity index (χ1n) is 6.04. The SMILES string of the molecule is COc1cc(O)ccc1[C@@H](C)N1CCNCC1.Cl.Cl. The predicted molar refractivity (Wildman–Crippen MR) is 82.0 cm³/mol. The second-order valence-corrected chi connectivity index (χ2v) is 4.39. The predicted octanol–water partition coefficient (Wildman–Crippen LogP) is 2.21. The maximum Gasteiger partial charge on any atom is 0.127 e. The smallest absolute Gasteiger partial charge is 0.127 e. The number of hydrogen-bond acceptors (Lipinski definition) is 4. The number of methoxy groups -OCH3 is 1. The van der Waals surface area contributed by atoms with Crippen molar-refractivity contribution in [2.75, 3.05) is 33.3 Å². The molecule has 0 aromatic heterocycles. The van der Waals surface area contributed by atoms with Crippen molar-refractivity contribution in [2.45, 2.75) is 13.0 Å². The standard InChI is InChI=1S/C13H20N2O2.2ClH/c1-10(15-7-5-14-6-8-15)12-4-3-11(16)9-13(12)17-2;;/h3-4,9-10,14,16H,5-8H2,1-2H3;2*1H/t10-;;/m1../s1. The molecule has 1 saturated heterocycles. The number of phenolic OH excluding ortho intramolecular Hbond substituents is 1. The van der Waals surface area contributed by atoms with Crippen molar-refractivity contribution in [1.29, 1.82) is 0 Å². The highest BCUT2D eigenvalue weighted by Crippen LogP contribution is 2.31. The van der Waals surface area contributed by atoms with Gasteiger partial charge in [0.15, 0.2) is 0 Å². The molecule has 0 unspecified atom stereocenters. The van der Waals surface area contributed by atoms with Crippen LogP contribution in [-0.2, 0) is 0 Å². The van der Waals surface area contributed by atoms with Gasteiger partial charge in [-0.2, -0.15) is 0 Å². The Balaban J connectivity index is 0.00000162. The highest BCUT2D eigenvalue weighted by molar-refractivity contribution is 5.85. The Bertz CT molecular complexity index is 385. The molecular formula is C13H22Cl2N2O2. The van der Waals surface area contributed by atoms with E-state index in [4.69, 9.17) is 4.74 Å². The van der Waals surface area contributed by atoms with E-state index in [2.05, 4.69) is 17.1 Å². The number of nitrogens with zero attached hydrogens (tertiary/aromatic N) is 1.